The van der Waals surface area contributed by atoms with Gasteiger partial charge in [-0.1, -0.05) is 0 Å². The van der Waals surface area contributed by atoms with E-state index in [1.807, 2.05) is 0 Å². The molecule has 1 aromatic rings. The van der Waals surface area contributed by atoms with Crippen molar-refractivity contribution in [2.45, 2.75) is 38.9 Å². The average Bonchev–Trinajstić information content (AvgIpc) is 2.22. The second-order valence-corrected chi connectivity index (χ2v) is 5.37. The van der Waals surface area contributed by atoms with Gasteiger partial charge in [-0.3, -0.25) is 0 Å². The molecule has 1 aromatic carbocycles. The number of aromatic hydroxyl groups is 1. The summed E-state index contributed by atoms with van der Waals surface area (Å²) in [4.78, 5) is 0. The second-order valence-electron chi connectivity index (χ2n) is 5.37. The molecule has 4 nitrogen and oxygen atoms in total. The molecule has 0 aromatic heterocycles. The Morgan fingerprint density at radius 1 is 1.11 bits per heavy atom. The smallest absolute Gasteiger partial charge is 0.491 e. The molecular formula is C12H17BF2O4. The van der Waals surface area contributed by atoms with Crippen molar-refractivity contribution >= 4 is 12.6 Å². The number of phenols is 1. The molecule has 3 N–H and O–H groups in total. The van der Waals surface area contributed by atoms with Crippen LogP contribution < -0.4 is 5.46 Å². The molecule has 0 unspecified atom stereocenters. The lowest BCUT2D eigenvalue weighted by atomic mass is 9.76. The van der Waals surface area contributed by atoms with Gasteiger partial charge in [0.25, 0.3) is 0 Å². The van der Waals surface area contributed by atoms with E-state index in [1.165, 1.54) is 27.7 Å². The van der Waals surface area contributed by atoms with E-state index in [4.69, 9.17) is 9.76 Å². The summed E-state index contributed by atoms with van der Waals surface area (Å²) in [6, 6.07) is 1.53. The van der Waals surface area contributed by atoms with Gasteiger partial charge in [0, 0.05) is 0 Å². The molecule has 0 aliphatic rings. The van der Waals surface area contributed by atoms with Crippen molar-refractivity contribution in [3.63, 3.8) is 0 Å². The average molecular weight is 274 g/mol. The summed E-state index contributed by atoms with van der Waals surface area (Å²) in [7, 11) is -1.63. The summed E-state index contributed by atoms with van der Waals surface area (Å²) >= 11 is 0. The van der Waals surface area contributed by atoms with Crippen molar-refractivity contribution in [2.75, 3.05) is 0 Å². The molecule has 0 saturated heterocycles. The van der Waals surface area contributed by atoms with Gasteiger partial charge in [0.15, 0.2) is 17.4 Å². The molecule has 0 atom stereocenters. The Balaban J connectivity index is 3.00. The largest absolute Gasteiger partial charge is 0.503 e. The van der Waals surface area contributed by atoms with Gasteiger partial charge < -0.3 is 19.9 Å². The fourth-order valence-electron chi connectivity index (χ4n) is 1.22. The Hall–Kier alpha value is -1.18. The molecule has 0 aliphatic carbocycles. The first-order valence-electron chi connectivity index (χ1n) is 5.72. The second kappa shape index (κ2) is 5.07. The Morgan fingerprint density at radius 3 is 1.89 bits per heavy atom. The molecule has 0 fully saturated rings. The minimum atomic E-state index is -1.63. The summed E-state index contributed by atoms with van der Waals surface area (Å²) in [6.45, 7) is 6.03. The molecule has 0 aliphatic heterocycles. The fraction of sp³-hybridized carbons (Fsp3) is 0.500. The van der Waals surface area contributed by atoms with Crippen LogP contribution in [0.3, 0.4) is 0 Å². The van der Waals surface area contributed by atoms with Crippen molar-refractivity contribution in [1.82, 2.24) is 0 Å². The third-order valence-electron chi connectivity index (χ3n) is 3.20. The van der Waals surface area contributed by atoms with Gasteiger partial charge in [0.2, 0.25) is 0 Å². The summed E-state index contributed by atoms with van der Waals surface area (Å²) in [5, 5.41) is 28.6. The molecule has 1 rings (SSSR count). The maximum absolute atomic E-state index is 13.2. The zero-order chi connectivity index (χ0) is 15.0. The van der Waals surface area contributed by atoms with Gasteiger partial charge in [-0.15, -0.1) is 0 Å². The van der Waals surface area contributed by atoms with Gasteiger partial charge in [-0.05, 0) is 45.3 Å². The van der Waals surface area contributed by atoms with E-state index >= 15 is 0 Å². The Bertz CT molecular complexity index is 448. The molecule has 0 spiro atoms. The molecule has 7 heteroatoms. The van der Waals surface area contributed by atoms with Gasteiger partial charge in [0.05, 0.1) is 11.2 Å². The van der Waals surface area contributed by atoms with Gasteiger partial charge in [-0.2, -0.15) is 0 Å². The van der Waals surface area contributed by atoms with Crippen LogP contribution in [-0.4, -0.2) is 33.6 Å². The number of hydrogen-bond donors (Lipinski definition) is 3. The van der Waals surface area contributed by atoms with Gasteiger partial charge in [0.1, 0.15) is 0 Å². The molecule has 19 heavy (non-hydrogen) atoms. The lowest BCUT2D eigenvalue weighted by molar-refractivity contribution is -0.0982. The molecule has 106 valence electrons. The number of phenolic OH excluding ortho intramolecular Hbond substituents is 1. The standard InChI is InChI=1S/C12H17BF2O4/c1-11(2,17)12(3,4)19-13(18)7-5-8(14)10(16)9(15)6-7/h5-6,16-18H,1-4H3. The topological polar surface area (TPSA) is 69.9 Å². The molecule has 0 bridgehead atoms. The van der Waals surface area contributed by atoms with Crippen LogP contribution in [0.4, 0.5) is 8.78 Å². The van der Waals surface area contributed by atoms with E-state index < -0.39 is 35.7 Å². The number of rotatable bonds is 4. The van der Waals surface area contributed by atoms with E-state index in [0.29, 0.717) is 0 Å². The number of aliphatic hydroxyl groups is 1. The van der Waals surface area contributed by atoms with Crippen molar-refractivity contribution in [1.29, 1.82) is 0 Å². The minimum absolute atomic E-state index is 0.190. The Labute approximate surface area is 110 Å². The quantitative estimate of drug-likeness (QED) is 0.714. The van der Waals surface area contributed by atoms with Crippen LogP contribution in [0.5, 0.6) is 5.75 Å². The van der Waals surface area contributed by atoms with Crippen LogP contribution in [0.2, 0.25) is 0 Å². The molecule has 0 radical (unpaired) electrons. The lowest BCUT2D eigenvalue weighted by Crippen LogP contribution is -2.53. The maximum atomic E-state index is 13.2. The van der Waals surface area contributed by atoms with Crippen molar-refractivity contribution in [3.8, 4) is 5.75 Å². The van der Waals surface area contributed by atoms with Crippen LogP contribution in [0.25, 0.3) is 0 Å². The van der Waals surface area contributed by atoms with E-state index in [-0.39, 0.29) is 5.46 Å². The Morgan fingerprint density at radius 2 is 1.53 bits per heavy atom. The zero-order valence-corrected chi connectivity index (χ0v) is 11.2. The first kappa shape index (κ1) is 15.9. The highest BCUT2D eigenvalue weighted by molar-refractivity contribution is 6.60. The summed E-state index contributed by atoms with van der Waals surface area (Å²) < 4.78 is 31.6. The van der Waals surface area contributed by atoms with Gasteiger partial charge >= 0.3 is 7.12 Å². The third-order valence-corrected chi connectivity index (χ3v) is 3.20. The van der Waals surface area contributed by atoms with Crippen molar-refractivity contribution < 1.29 is 28.7 Å². The Kier molecular flexibility index (Phi) is 4.24. The monoisotopic (exact) mass is 274 g/mol. The minimum Gasteiger partial charge on any atom is -0.503 e. The third kappa shape index (κ3) is 3.43. The lowest BCUT2D eigenvalue weighted by Gasteiger charge is -2.38. The first-order valence-corrected chi connectivity index (χ1v) is 5.72. The highest BCUT2D eigenvalue weighted by Gasteiger charge is 2.39. The molecular weight excluding hydrogens is 257 g/mol. The van der Waals surface area contributed by atoms with E-state index in [9.17, 15) is 18.9 Å². The van der Waals surface area contributed by atoms with Crippen LogP contribution in [0.15, 0.2) is 12.1 Å². The van der Waals surface area contributed by atoms with Crippen LogP contribution in [-0.2, 0) is 4.65 Å². The molecule has 0 saturated carbocycles. The van der Waals surface area contributed by atoms with E-state index in [1.54, 1.807) is 0 Å². The van der Waals surface area contributed by atoms with Gasteiger partial charge in [-0.25, -0.2) is 8.78 Å². The predicted molar refractivity (Wildman–Crippen MR) is 67.1 cm³/mol. The number of hydrogen-bond acceptors (Lipinski definition) is 4. The molecule has 0 amide bonds. The predicted octanol–water partition coefficient (Wildman–Crippen LogP) is 0.924. The number of benzene rings is 1. The highest BCUT2D eigenvalue weighted by atomic mass is 19.1. The normalized spacial score (nSPS) is 12.6. The van der Waals surface area contributed by atoms with E-state index in [0.717, 1.165) is 12.1 Å². The number of halogens is 2. The summed E-state index contributed by atoms with van der Waals surface area (Å²) in [5.41, 5.74) is -2.62. The fourth-order valence-corrected chi connectivity index (χ4v) is 1.22. The van der Waals surface area contributed by atoms with E-state index in [2.05, 4.69) is 0 Å². The SMILES string of the molecule is CC(C)(O)C(C)(C)OB(O)c1cc(F)c(O)c(F)c1. The van der Waals surface area contributed by atoms with Crippen LogP contribution in [0, 0.1) is 11.6 Å². The van der Waals surface area contributed by atoms with Crippen molar-refractivity contribution in [3.05, 3.63) is 23.8 Å². The first-order chi connectivity index (χ1) is 8.45. The molecule has 0 heterocycles. The summed E-state index contributed by atoms with van der Waals surface area (Å²) in [6.07, 6.45) is 0. The summed E-state index contributed by atoms with van der Waals surface area (Å²) in [5.74, 6) is -3.50. The highest BCUT2D eigenvalue weighted by Crippen LogP contribution is 2.26. The van der Waals surface area contributed by atoms with Crippen LogP contribution in [0.1, 0.15) is 27.7 Å². The van der Waals surface area contributed by atoms with Crippen molar-refractivity contribution in [2.24, 2.45) is 0 Å². The zero-order valence-electron chi connectivity index (χ0n) is 11.2. The maximum Gasteiger partial charge on any atom is 0.491 e. The van der Waals surface area contributed by atoms with Crippen LogP contribution >= 0.6 is 0 Å².